The Morgan fingerprint density at radius 1 is 1.47 bits per heavy atom. The molecule has 0 aromatic carbocycles. The maximum absolute atomic E-state index is 11.9. The molecule has 0 atom stereocenters. The lowest BCUT2D eigenvalue weighted by atomic mass is 10.1. The van der Waals surface area contributed by atoms with Crippen molar-refractivity contribution in [2.45, 2.75) is 39.2 Å². The molecule has 1 aliphatic rings. The fraction of sp³-hybridized carbons (Fsp3) is 0.583. The fourth-order valence-electron chi connectivity index (χ4n) is 2.35. The Morgan fingerprint density at radius 2 is 2.13 bits per heavy atom. The molecule has 1 heterocycles. The Morgan fingerprint density at radius 3 is 2.80 bits per heavy atom. The smallest absolute Gasteiger partial charge is 0.253 e. The van der Waals surface area contributed by atoms with Crippen LogP contribution in [-0.4, -0.2) is 4.57 Å². The van der Waals surface area contributed by atoms with Crippen molar-refractivity contribution in [1.82, 2.24) is 4.57 Å². The number of hydrogen-bond donors (Lipinski definition) is 0. The number of rotatable bonds is 2. The van der Waals surface area contributed by atoms with Crippen LogP contribution >= 0.6 is 15.9 Å². The van der Waals surface area contributed by atoms with Gasteiger partial charge in [-0.05, 0) is 47.7 Å². The minimum absolute atomic E-state index is 0.158. The summed E-state index contributed by atoms with van der Waals surface area (Å²) >= 11 is 3.44. The Labute approximate surface area is 98.4 Å². The third-order valence-corrected chi connectivity index (χ3v) is 3.60. The van der Waals surface area contributed by atoms with E-state index in [0.717, 1.165) is 16.6 Å². The molecule has 0 N–H and O–H groups in total. The molecule has 15 heavy (non-hydrogen) atoms. The number of hydrogen-bond acceptors (Lipinski definition) is 1. The quantitative estimate of drug-likeness (QED) is 0.809. The number of pyridine rings is 1. The zero-order valence-corrected chi connectivity index (χ0v) is 10.6. The van der Waals surface area contributed by atoms with Crippen LogP contribution in [0.15, 0.2) is 21.5 Å². The lowest BCUT2D eigenvalue weighted by molar-refractivity contribution is 0.447. The molecule has 0 unspecified atom stereocenters. The largest absolute Gasteiger partial charge is 0.314 e. The van der Waals surface area contributed by atoms with Gasteiger partial charge in [-0.25, -0.2) is 0 Å². The van der Waals surface area contributed by atoms with E-state index in [2.05, 4.69) is 15.9 Å². The molecule has 1 saturated carbocycles. The van der Waals surface area contributed by atoms with Crippen LogP contribution in [0.2, 0.25) is 0 Å². The zero-order valence-electron chi connectivity index (χ0n) is 9.00. The van der Waals surface area contributed by atoms with Gasteiger partial charge in [-0.2, -0.15) is 0 Å². The molecule has 0 saturated heterocycles. The standard InChI is InChI=1S/C12H16BrNO/c1-9-6-11(13)8-14(12(9)15)7-10-4-2-3-5-10/h6,8,10H,2-5,7H2,1H3. The zero-order chi connectivity index (χ0) is 10.8. The van der Waals surface area contributed by atoms with E-state index in [1.807, 2.05) is 23.8 Å². The van der Waals surface area contributed by atoms with Crippen LogP contribution in [-0.2, 0) is 6.54 Å². The summed E-state index contributed by atoms with van der Waals surface area (Å²) in [6.07, 6.45) is 7.11. The summed E-state index contributed by atoms with van der Waals surface area (Å²) in [6.45, 7) is 2.76. The van der Waals surface area contributed by atoms with Crippen molar-refractivity contribution in [3.63, 3.8) is 0 Å². The molecule has 0 aliphatic heterocycles. The van der Waals surface area contributed by atoms with Crippen LogP contribution in [0.25, 0.3) is 0 Å². The van der Waals surface area contributed by atoms with Gasteiger partial charge in [0.1, 0.15) is 0 Å². The molecule has 3 heteroatoms. The van der Waals surface area contributed by atoms with Gasteiger partial charge >= 0.3 is 0 Å². The van der Waals surface area contributed by atoms with Gasteiger partial charge in [-0.15, -0.1) is 0 Å². The van der Waals surface area contributed by atoms with E-state index < -0.39 is 0 Å². The van der Waals surface area contributed by atoms with Crippen LogP contribution in [0.1, 0.15) is 31.2 Å². The first kappa shape index (κ1) is 10.9. The minimum Gasteiger partial charge on any atom is -0.314 e. The van der Waals surface area contributed by atoms with Crippen molar-refractivity contribution in [3.05, 3.63) is 32.7 Å². The van der Waals surface area contributed by atoms with Gasteiger partial charge in [0.15, 0.2) is 0 Å². The second-order valence-electron chi connectivity index (χ2n) is 4.45. The average molecular weight is 270 g/mol. The third-order valence-electron chi connectivity index (χ3n) is 3.16. The van der Waals surface area contributed by atoms with Crippen LogP contribution in [0.3, 0.4) is 0 Å². The average Bonchev–Trinajstić information content (AvgIpc) is 2.66. The third kappa shape index (κ3) is 2.51. The monoisotopic (exact) mass is 269 g/mol. The van der Waals surface area contributed by atoms with Gasteiger partial charge in [-0.3, -0.25) is 4.79 Å². The van der Waals surface area contributed by atoms with Crippen molar-refractivity contribution in [1.29, 1.82) is 0 Å². The molecule has 1 aliphatic carbocycles. The number of halogens is 1. The fourth-order valence-corrected chi connectivity index (χ4v) is 2.94. The highest BCUT2D eigenvalue weighted by molar-refractivity contribution is 9.10. The molecule has 0 radical (unpaired) electrons. The summed E-state index contributed by atoms with van der Waals surface area (Å²) in [4.78, 5) is 11.9. The molecular formula is C12H16BrNO. The van der Waals surface area contributed by atoms with E-state index in [1.54, 1.807) is 0 Å². The number of nitrogens with zero attached hydrogens (tertiary/aromatic N) is 1. The molecule has 0 amide bonds. The molecule has 2 nitrogen and oxygen atoms in total. The Hall–Kier alpha value is -0.570. The summed E-state index contributed by atoms with van der Waals surface area (Å²) in [6, 6.07) is 1.88. The van der Waals surface area contributed by atoms with Crippen molar-refractivity contribution >= 4 is 15.9 Å². The lowest BCUT2D eigenvalue weighted by Gasteiger charge is -2.12. The molecule has 1 aromatic heterocycles. The summed E-state index contributed by atoms with van der Waals surface area (Å²) in [7, 11) is 0. The highest BCUT2D eigenvalue weighted by Gasteiger charge is 2.16. The van der Waals surface area contributed by atoms with Gasteiger partial charge in [0, 0.05) is 22.8 Å². The van der Waals surface area contributed by atoms with E-state index in [4.69, 9.17) is 0 Å². The highest BCUT2D eigenvalue weighted by atomic mass is 79.9. The van der Waals surface area contributed by atoms with Gasteiger partial charge in [-0.1, -0.05) is 12.8 Å². The first-order valence-electron chi connectivity index (χ1n) is 5.53. The van der Waals surface area contributed by atoms with Gasteiger partial charge < -0.3 is 4.57 Å². The van der Waals surface area contributed by atoms with E-state index in [9.17, 15) is 4.79 Å². The first-order valence-corrected chi connectivity index (χ1v) is 6.32. The van der Waals surface area contributed by atoms with E-state index in [-0.39, 0.29) is 5.56 Å². The molecule has 0 spiro atoms. The van der Waals surface area contributed by atoms with Crippen LogP contribution in [0.4, 0.5) is 0 Å². The van der Waals surface area contributed by atoms with Gasteiger partial charge in [0.05, 0.1) is 0 Å². The van der Waals surface area contributed by atoms with Crippen molar-refractivity contribution in [2.24, 2.45) is 5.92 Å². The SMILES string of the molecule is Cc1cc(Br)cn(CC2CCCC2)c1=O. The molecule has 0 bridgehead atoms. The number of aromatic nitrogens is 1. The second kappa shape index (κ2) is 4.52. The Kier molecular flexibility index (Phi) is 3.29. The van der Waals surface area contributed by atoms with Crippen LogP contribution < -0.4 is 5.56 Å². The van der Waals surface area contributed by atoms with Crippen molar-refractivity contribution in [3.8, 4) is 0 Å². The number of aryl methyl sites for hydroxylation is 1. The molecular weight excluding hydrogens is 254 g/mol. The summed E-state index contributed by atoms with van der Waals surface area (Å²) in [5.74, 6) is 0.705. The van der Waals surface area contributed by atoms with Crippen molar-refractivity contribution < 1.29 is 0 Å². The molecule has 2 rings (SSSR count). The topological polar surface area (TPSA) is 22.0 Å². The summed E-state index contributed by atoms with van der Waals surface area (Å²) in [5.41, 5.74) is 0.979. The summed E-state index contributed by atoms with van der Waals surface area (Å²) in [5, 5.41) is 0. The normalized spacial score (nSPS) is 17.2. The van der Waals surface area contributed by atoms with Gasteiger partial charge in [0.25, 0.3) is 5.56 Å². The Balaban J connectivity index is 2.23. The minimum atomic E-state index is 0.158. The first-order chi connectivity index (χ1) is 7.16. The van der Waals surface area contributed by atoms with E-state index in [1.165, 1.54) is 25.7 Å². The van der Waals surface area contributed by atoms with Gasteiger partial charge in [0.2, 0.25) is 0 Å². The molecule has 1 fully saturated rings. The maximum atomic E-state index is 11.9. The van der Waals surface area contributed by atoms with Crippen LogP contribution in [0.5, 0.6) is 0 Å². The van der Waals surface area contributed by atoms with Crippen molar-refractivity contribution in [2.75, 3.05) is 0 Å². The van der Waals surface area contributed by atoms with Crippen LogP contribution in [0, 0.1) is 12.8 Å². The lowest BCUT2D eigenvalue weighted by Crippen LogP contribution is -2.24. The highest BCUT2D eigenvalue weighted by Crippen LogP contribution is 2.26. The second-order valence-corrected chi connectivity index (χ2v) is 5.37. The predicted molar refractivity (Wildman–Crippen MR) is 65.1 cm³/mol. The maximum Gasteiger partial charge on any atom is 0.253 e. The Bertz CT molecular complexity index is 405. The van der Waals surface area contributed by atoms with E-state index >= 15 is 0 Å². The van der Waals surface area contributed by atoms with E-state index in [0.29, 0.717) is 5.92 Å². The summed E-state index contributed by atoms with van der Waals surface area (Å²) < 4.78 is 2.85. The predicted octanol–water partition coefficient (Wildman–Crippen LogP) is 3.11. The molecule has 1 aromatic rings. The molecule has 82 valence electrons.